The van der Waals surface area contributed by atoms with E-state index in [0.717, 1.165) is 12.8 Å². The van der Waals surface area contributed by atoms with Gasteiger partial charge in [-0.15, -0.1) is 0 Å². The van der Waals surface area contributed by atoms with E-state index in [1.54, 1.807) is 0 Å². The predicted molar refractivity (Wildman–Crippen MR) is 56.4 cm³/mol. The minimum Gasteiger partial charge on any atom is -0.359 e. The summed E-state index contributed by atoms with van der Waals surface area (Å²) in [6, 6.07) is 0. The number of carbonyl (C=O) groups excluding carboxylic acids is 1. The van der Waals surface area contributed by atoms with Crippen LogP contribution in [0.3, 0.4) is 0 Å². The molecule has 0 aliphatic heterocycles. The lowest BCUT2D eigenvalue weighted by Gasteiger charge is -2.16. The minimum absolute atomic E-state index is 0.466. The number of rotatable bonds is 5. The molecule has 1 unspecified atom stereocenters. The van der Waals surface area contributed by atoms with Crippen LogP contribution in [0.15, 0.2) is 0 Å². The first-order valence-corrected chi connectivity index (χ1v) is 5.84. The number of carbonyl (C=O) groups is 1. The molecule has 0 bridgehead atoms. The molecule has 1 fully saturated rings. The molecule has 1 aliphatic carbocycles. The molecular formula is C11H18F3NO2. The van der Waals surface area contributed by atoms with Crippen LogP contribution in [0, 0.1) is 5.92 Å². The number of hydrogen-bond acceptors (Lipinski definition) is 2. The van der Waals surface area contributed by atoms with Gasteiger partial charge in [0.15, 0.2) is 0 Å². The third kappa shape index (κ3) is 5.91. The van der Waals surface area contributed by atoms with Gasteiger partial charge >= 0.3 is 6.18 Å². The zero-order valence-corrected chi connectivity index (χ0v) is 9.85. The maximum absolute atomic E-state index is 11.9. The summed E-state index contributed by atoms with van der Waals surface area (Å²) < 4.78 is 40.0. The summed E-state index contributed by atoms with van der Waals surface area (Å²) in [5, 5.41) is 2.63. The van der Waals surface area contributed by atoms with E-state index < -0.39 is 24.8 Å². The van der Waals surface area contributed by atoms with Crippen molar-refractivity contribution < 1.29 is 22.7 Å². The SMILES string of the molecule is CC(OCC(F)(F)F)C(=O)NCC1CCCC1. The van der Waals surface area contributed by atoms with Crippen LogP contribution in [-0.4, -0.2) is 31.3 Å². The van der Waals surface area contributed by atoms with Gasteiger partial charge in [0.05, 0.1) is 0 Å². The minimum atomic E-state index is -4.39. The molecule has 0 heterocycles. The maximum Gasteiger partial charge on any atom is 0.411 e. The highest BCUT2D eigenvalue weighted by Gasteiger charge is 2.30. The van der Waals surface area contributed by atoms with E-state index in [9.17, 15) is 18.0 Å². The van der Waals surface area contributed by atoms with Crippen LogP contribution in [0.1, 0.15) is 32.6 Å². The molecular weight excluding hydrogens is 235 g/mol. The zero-order chi connectivity index (χ0) is 12.9. The molecule has 17 heavy (non-hydrogen) atoms. The molecule has 1 atom stereocenters. The first kappa shape index (κ1) is 14.3. The van der Waals surface area contributed by atoms with Gasteiger partial charge in [0.2, 0.25) is 5.91 Å². The number of halogens is 3. The van der Waals surface area contributed by atoms with Crippen LogP contribution < -0.4 is 5.32 Å². The molecule has 3 nitrogen and oxygen atoms in total. The summed E-state index contributed by atoms with van der Waals surface area (Å²) in [7, 11) is 0. The number of nitrogens with one attached hydrogen (secondary N) is 1. The Hall–Kier alpha value is -0.780. The smallest absolute Gasteiger partial charge is 0.359 e. The van der Waals surface area contributed by atoms with Gasteiger partial charge in [0.25, 0.3) is 0 Å². The van der Waals surface area contributed by atoms with Crippen molar-refractivity contribution in [3.63, 3.8) is 0 Å². The largest absolute Gasteiger partial charge is 0.411 e. The molecule has 0 saturated heterocycles. The van der Waals surface area contributed by atoms with Crippen molar-refractivity contribution in [2.75, 3.05) is 13.2 Å². The lowest BCUT2D eigenvalue weighted by atomic mass is 10.1. The van der Waals surface area contributed by atoms with Gasteiger partial charge in [-0.3, -0.25) is 4.79 Å². The monoisotopic (exact) mass is 253 g/mol. The second-order valence-electron chi connectivity index (χ2n) is 4.46. The first-order chi connectivity index (χ1) is 7.88. The Morgan fingerprint density at radius 3 is 2.53 bits per heavy atom. The van der Waals surface area contributed by atoms with E-state index in [-0.39, 0.29) is 0 Å². The molecule has 1 N–H and O–H groups in total. The van der Waals surface area contributed by atoms with E-state index in [0.29, 0.717) is 12.5 Å². The van der Waals surface area contributed by atoms with Crippen LogP contribution in [0.4, 0.5) is 13.2 Å². The Morgan fingerprint density at radius 2 is 2.00 bits per heavy atom. The molecule has 0 aromatic heterocycles. The number of ether oxygens (including phenoxy) is 1. The lowest BCUT2D eigenvalue weighted by molar-refractivity contribution is -0.185. The molecule has 0 aromatic rings. The van der Waals surface area contributed by atoms with Gasteiger partial charge in [0.1, 0.15) is 12.7 Å². The van der Waals surface area contributed by atoms with Crippen molar-refractivity contribution in [2.45, 2.75) is 44.9 Å². The third-order valence-corrected chi connectivity index (χ3v) is 2.91. The molecule has 1 saturated carbocycles. The Kier molecular flexibility index (Phi) is 5.24. The highest BCUT2D eigenvalue weighted by atomic mass is 19.4. The van der Waals surface area contributed by atoms with Gasteiger partial charge in [0, 0.05) is 6.54 Å². The molecule has 100 valence electrons. The van der Waals surface area contributed by atoms with Gasteiger partial charge < -0.3 is 10.1 Å². The average molecular weight is 253 g/mol. The maximum atomic E-state index is 11.9. The summed E-state index contributed by atoms with van der Waals surface area (Å²) >= 11 is 0. The van der Waals surface area contributed by atoms with E-state index in [2.05, 4.69) is 10.1 Å². The number of hydrogen-bond donors (Lipinski definition) is 1. The topological polar surface area (TPSA) is 38.3 Å². The fourth-order valence-electron chi connectivity index (χ4n) is 1.90. The highest BCUT2D eigenvalue weighted by Crippen LogP contribution is 2.23. The van der Waals surface area contributed by atoms with Gasteiger partial charge in [-0.25, -0.2) is 0 Å². The predicted octanol–water partition coefficient (Wildman–Crippen LogP) is 2.26. The average Bonchev–Trinajstić information content (AvgIpc) is 2.74. The van der Waals surface area contributed by atoms with E-state index in [4.69, 9.17) is 0 Å². The Morgan fingerprint density at radius 1 is 1.41 bits per heavy atom. The van der Waals surface area contributed by atoms with Crippen LogP contribution in [0.2, 0.25) is 0 Å². The van der Waals surface area contributed by atoms with Crippen molar-refractivity contribution in [1.82, 2.24) is 5.32 Å². The van der Waals surface area contributed by atoms with Crippen LogP contribution >= 0.6 is 0 Å². The van der Waals surface area contributed by atoms with Crippen molar-refractivity contribution in [2.24, 2.45) is 5.92 Å². The molecule has 0 aromatic carbocycles. The summed E-state index contributed by atoms with van der Waals surface area (Å²) in [5.74, 6) is -0.00471. The van der Waals surface area contributed by atoms with E-state index in [1.807, 2.05) is 0 Å². The molecule has 0 radical (unpaired) electrons. The fraction of sp³-hybridized carbons (Fsp3) is 0.909. The third-order valence-electron chi connectivity index (χ3n) is 2.91. The Balaban J connectivity index is 2.17. The van der Waals surface area contributed by atoms with Crippen molar-refractivity contribution >= 4 is 5.91 Å². The molecule has 0 spiro atoms. The first-order valence-electron chi connectivity index (χ1n) is 5.84. The molecule has 6 heteroatoms. The van der Waals surface area contributed by atoms with E-state index >= 15 is 0 Å². The second kappa shape index (κ2) is 6.23. The zero-order valence-electron chi connectivity index (χ0n) is 9.85. The summed E-state index contributed by atoms with van der Waals surface area (Å²) in [6.07, 6.45) is -0.949. The van der Waals surface area contributed by atoms with Crippen LogP contribution in [-0.2, 0) is 9.53 Å². The number of alkyl halides is 3. The normalized spacial score (nSPS) is 19.3. The molecule has 1 amide bonds. The summed E-state index contributed by atoms with van der Waals surface area (Å²) in [4.78, 5) is 11.4. The van der Waals surface area contributed by atoms with Gasteiger partial charge in [-0.1, -0.05) is 12.8 Å². The van der Waals surface area contributed by atoms with E-state index in [1.165, 1.54) is 19.8 Å². The van der Waals surface area contributed by atoms with Gasteiger partial charge in [-0.2, -0.15) is 13.2 Å². The summed E-state index contributed by atoms with van der Waals surface area (Å²) in [5.41, 5.74) is 0. The standard InChI is InChI=1S/C11H18F3NO2/c1-8(17-7-11(12,13)14)10(16)15-6-9-4-2-3-5-9/h8-9H,2-7H2,1H3,(H,15,16). The lowest BCUT2D eigenvalue weighted by Crippen LogP contribution is -2.38. The fourth-order valence-corrected chi connectivity index (χ4v) is 1.90. The van der Waals surface area contributed by atoms with Crippen LogP contribution in [0.5, 0.6) is 0 Å². The Labute approximate surface area is 98.7 Å². The summed E-state index contributed by atoms with van der Waals surface area (Å²) in [6.45, 7) is 0.485. The quantitative estimate of drug-likeness (QED) is 0.816. The van der Waals surface area contributed by atoms with Crippen molar-refractivity contribution in [1.29, 1.82) is 0 Å². The molecule has 1 rings (SSSR count). The van der Waals surface area contributed by atoms with Crippen molar-refractivity contribution in [3.05, 3.63) is 0 Å². The number of amides is 1. The second-order valence-corrected chi connectivity index (χ2v) is 4.46. The highest BCUT2D eigenvalue weighted by molar-refractivity contribution is 5.80. The molecule has 1 aliphatic rings. The Bertz CT molecular complexity index is 250. The van der Waals surface area contributed by atoms with Gasteiger partial charge in [-0.05, 0) is 25.7 Å². The van der Waals surface area contributed by atoms with Crippen LogP contribution in [0.25, 0.3) is 0 Å². The van der Waals surface area contributed by atoms with Crippen molar-refractivity contribution in [3.8, 4) is 0 Å².